The van der Waals surface area contributed by atoms with Crippen LogP contribution in [0.25, 0.3) is 11.4 Å². The first kappa shape index (κ1) is 12.1. The van der Waals surface area contributed by atoms with Crippen LogP contribution in [0.15, 0.2) is 28.8 Å². The molecular formula is C16H19N3O. The molecule has 2 aliphatic rings. The number of benzene rings is 1. The van der Waals surface area contributed by atoms with E-state index in [1.165, 1.54) is 25.7 Å². The highest BCUT2D eigenvalue weighted by atomic mass is 16.5. The second-order valence-electron chi connectivity index (χ2n) is 6.00. The lowest BCUT2D eigenvalue weighted by molar-refractivity contribution is 0.373. The van der Waals surface area contributed by atoms with Gasteiger partial charge in [-0.3, -0.25) is 0 Å². The summed E-state index contributed by atoms with van der Waals surface area (Å²) in [6, 6.07) is 8.05. The summed E-state index contributed by atoms with van der Waals surface area (Å²) in [5, 5.41) is 4.14. The molecule has 0 aliphatic heterocycles. The predicted molar refractivity (Wildman–Crippen MR) is 75.8 cm³/mol. The summed E-state index contributed by atoms with van der Waals surface area (Å²) in [5.41, 5.74) is 7.73. The van der Waals surface area contributed by atoms with Crippen LogP contribution >= 0.6 is 0 Å². The third-order valence-corrected chi connectivity index (χ3v) is 4.83. The van der Waals surface area contributed by atoms with E-state index in [9.17, 15) is 0 Å². The van der Waals surface area contributed by atoms with E-state index < -0.39 is 0 Å². The number of aromatic nitrogens is 2. The molecule has 2 N–H and O–H groups in total. The minimum Gasteiger partial charge on any atom is -0.339 e. The van der Waals surface area contributed by atoms with Crippen molar-refractivity contribution in [3.05, 3.63) is 35.7 Å². The number of hydrogen-bond donors (Lipinski definition) is 1. The number of nitrogens with zero attached hydrogens (tertiary/aromatic N) is 2. The summed E-state index contributed by atoms with van der Waals surface area (Å²) in [5.74, 6) is 3.68. The highest BCUT2D eigenvalue weighted by molar-refractivity contribution is 5.54. The van der Waals surface area contributed by atoms with Crippen molar-refractivity contribution in [1.82, 2.24) is 10.1 Å². The van der Waals surface area contributed by atoms with Crippen molar-refractivity contribution in [2.75, 3.05) is 0 Å². The molecule has 0 saturated heterocycles. The molecule has 2 saturated carbocycles. The molecule has 2 aromatic rings. The molecule has 0 radical (unpaired) electrons. The summed E-state index contributed by atoms with van der Waals surface area (Å²) in [6.45, 7) is 0.559. The average molecular weight is 269 g/mol. The van der Waals surface area contributed by atoms with E-state index in [1.54, 1.807) is 0 Å². The molecule has 0 spiro atoms. The van der Waals surface area contributed by atoms with Crippen LogP contribution in [0.4, 0.5) is 0 Å². The topological polar surface area (TPSA) is 64.9 Å². The van der Waals surface area contributed by atoms with Gasteiger partial charge >= 0.3 is 0 Å². The smallest absolute Gasteiger partial charge is 0.230 e. The van der Waals surface area contributed by atoms with Crippen molar-refractivity contribution in [2.45, 2.75) is 38.1 Å². The second-order valence-corrected chi connectivity index (χ2v) is 6.00. The molecule has 2 aliphatic carbocycles. The molecule has 20 heavy (non-hydrogen) atoms. The Morgan fingerprint density at radius 2 is 1.80 bits per heavy atom. The molecule has 1 aromatic heterocycles. The van der Waals surface area contributed by atoms with Gasteiger partial charge in [0.05, 0.1) is 0 Å². The van der Waals surface area contributed by atoms with E-state index in [4.69, 9.17) is 10.3 Å². The van der Waals surface area contributed by atoms with Crippen LogP contribution in [0.2, 0.25) is 0 Å². The summed E-state index contributed by atoms with van der Waals surface area (Å²) >= 11 is 0. The van der Waals surface area contributed by atoms with Crippen molar-refractivity contribution in [1.29, 1.82) is 0 Å². The van der Waals surface area contributed by atoms with Crippen LogP contribution in [-0.4, -0.2) is 10.1 Å². The first-order valence-electron chi connectivity index (χ1n) is 7.50. The first-order chi connectivity index (χ1) is 9.86. The molecule has 0 bridgehead atoms. The minimum atomic E-state index is 0.530. The number of fused-ring (bicyclic) bond motifs is 1. The molecule has 2 fully saturated rings. The molecule has 2 unspecified atom stereocenters. The van der Waals surface area contributed by atoms with Crippen molar-refractivity contribution < 1.29 is 4.52 Å². The summed E-state index contributed by atoms with van der Waals surface area (Å²) in [6.07, 6.45) is 5.38. The van der Waals surface area contributed by atoms with Crippen LogP contribution < -0.4 is 5.73 Å². The molecule has 0 amide bonds. The average Bonchev–Trinajstić information content (AvgIpc) is 3.04. The monoisotopic (exact) mass is 269 g/mol. The second kappa shape index (κ2) is 4.70. The molecule has 2 atom stereocenters. The molecule has 1 aromatic carbocycles. The van der Waals surface area contributed by atoms with Crippen LogP contribution in [0.5, 0.6) is 0 Å². The van der Waals surface area contributed by atoms with Crippen molar-refractivity contribution in [3.8, 4) is 11.4 Å². The molecule has 1 heterocycles. The zero-order valence-electron chi connectivity index (χ0n) is 11.5. The molecule has 4 nitrogen and oxygen atoms in total. The highest BCUT2D eigenvalue weighted by Crippen LogP contribution is 2.60. The standard InChI is InChI=1S/C16H19N3O/c17-9-10-5-7-11(8-6-10)15-18-16(20-19-15)14-12-3-1-2-4-13(12)14/h5-8,12-14H,1-4,9,17H2. The Balaban J connectivity index is 1.55. The van der Waals surface area contributed by atoms with E-state index in [0.29, 0.717) is 18.3 Å². The normalized spacial score (nSPS) is 28.1. The van der Waals surface area contributed by atoms with E-state index in [0.717, 1.165) is 28.9 Å². The lowest BCUT2D eigenvalue weighted by Crippen LogP contribution is -1.95. The Labute approximate surface area is 118 Å². The number of hydrogen-bond acceptors (Lipinski definition) is 4. The van der Waals surface area contributed by atoms with Gasteiger partial charge in [-0.2, -0.15) is 4.98 Å². The summed E-state index contributed by atoms with van der Waals surface area (Å²) in [7, 11) is 0. The predicted octanol–water partition coefficient (Wildman–Crippen LogP) is 3.10. The van der Waals surface area contributed by atoms with Gasteiger partial charge in [-0.25, -0.2) is 0 Å². The zero-order chi connectivity index (χ0) is 13.5. The van der Waals surface area contributed by atoms with E-state index in [1.807, 2.05) is 24.3 Å². The fourth-order valence-electron chi connectivity index (χ4n) is 3.64. The summed E-state index contributed by atoms with van der Waals surface area (Å²) < 4.78 is 5.51. The molecule has 4 rings (SSSR count). The largest absolute Gasteiger partial charge is 0.339 e. The van der Waals surface area contributed by atoms with Gasteiger partial charge in [0.25, 0.3) is 0 Å². The zero-order valence-corrected chi connectivity index (χ0v) is 11.5. The number of nitrogens with two attached hydrogens (primary N) is 1. The van der Waals surface area contributed by atoms with Crippen molar-refractivity contribution in [3.63, 3.8) is 0 Å². The number of rotatable bonds is 3. The first-order valence-corrected chi connectivity index (χ1v) is 7.50. The van der Waals surface area contributed by atoms with Gasteiger partial charge in [0, 0.05) is 18.0 Å². The van der Waals surface area contributed by atoms with Gasteiger partial charge in [-0.1, -0.05) is 42.3 Å². The Morgan fingerprint density at radius 1 is 1.10 bits per heavy atom. The fraction of sp³-hybridized carbons (Fsp3) is 0.500. The van der Waals surface area contributed by atoms with E-state index in [2.05, 4.69) is 10.1 Å². The fourth-order valence-corrected chi connectivity index (χ4v) is 3.64. The molecule has 4 heteroatoms. The lowest BCUT2D eigenvalue weighted by atomic mass is 10.0. The summed E-state index contributed by atoms with van der Waals surface area (Å²) in [4.78, 5) is 4.61. The van der Waals surface area contributed by atoms with Gasteiger partial charge in [-0.05, 0) is 30.2 Å². The highest BCUT2D eigenvalue weighted by Gasteiger charge is 2.54. The molecule has 104 valence electrons. The maximum absolute atomic E-state index is 5.61. The quantitative estimate of drug-likeness (QED) is 0.929. The van der Waals surface area contributed by atoms with E-state index in [-0.39, 0.29) is 0 Å². The van der Waals surface area contributed by atoms with Gasteiger partial charge in [0.15, 0.2) is 0 Å². The Bertz CT molecular complexity index is 592. The van der Waals surface area contributed by atoms with E-state index >= 15 is 0 Å². The lowest BCUT2D eigenvalue weighted by Gasteiger charge is -2.04. The Hall–Kier alpha value is -1.68. The third kappa shape index (κ3) is 1.95. The van der Waals surface area contributed by atoms with Crippen molar-refractivity contribution in [2.24, 2.45) is 17.6 Å². The van der Waals surface area contributed by atoms with Crippen molar-refractivity contribution >= 4 is 0 Å². The Kier molecular flexibility index (Phi) is 2.84. The Morgan fingerprint density at radius 3 is 2.45 bits per heavy atom. The van der Waals surface area contributed by atoms with Crippen LogP contribution in [-0.2, 0) is 6.54 Å². The van der Waals surface area contributed by atoms with Crippen LogP contribution in [0.3, 0.4) is 0 Å². The SMILES string of the molecule is NCc1ccc(-c2noc(C3C4CCCCC43)n2)cc1. The molecular weight excluding hydrogens is 250 g/mol. The minimum absolute atomic E-state index is 0.530. The maximum Gasteiger partial charge on any atom is 0.230 e. The van der Waals surface area contributed by atoms with Gasteiger partial charge in [0.2, 0.25) is 11.7 Å². The van der Waals surface area contributed by atoms with Gasteiger partial charge in [0.1, 0.15) is 0 Å². The third-order valence-electron chi connectivity index (χ3n) is 4.83. The van der Waals surface area contributed by atoms with Gasteiger partial charge in [-0.15, -0.1) is 0 Å². The maximum atomic E-state index is 5.61. The van der Waals surface area contributed by atoms with Gasteiger partial charge < -0.3 is 10.3 Å². The van der Waals surface area contributed by atoms with Crippen LogP contribution in [0, 0.1) is 11.8 Å². The van der Waals surface area contributed by atoms with Crippen LogP contribution in [0.1, 0.15) is 43.1 Å².